The smallest absolute Gasteiger partial charge is 0.337 e. The standard InChI is InChI=1S/C16H20N2O4/c1-5-16(17(3)9-10(2)18(16)4)12-8-6-7-11(14(19)20)13(12)15(21)22/h6-9H,5H2,1-4H3,(H,19,20)(H,21,22). The van der Waals surface area contributed by atoms with Crippen molar-refractivity contribution < 1.29 is 19.8 Å². The molecular formula is C16H20N2O4. The summed E-state index contributed by atoms with van der Waals surface area (Å²) in [6.45, 7) is 3.90. The normalized spacial score (nSPS) is 21.0. The van der Waals surface area contributed by atoms with Gasteiger partial charge < -0.3 is 20.0 Å². The van der Waals surface area contributed by atoms with Gasteiger partial charge in [-0.05, 0) is 19.4 Å². The summed E-state index contributed by atoms with van der Waals surface area (Å²) in [6, 6.07) is 4.62. The summed E-state index contributed by atoms with van der Waals surface area (Å²) in [5.74, 6) is -2.47. The van der Waals surface area contributed by atoms with Gasteiger partial charge in [0.15, 0.2) is 0 Å². The van der Waals surface area contributed by atoms with Crippen LogP contribution in [0.1, 0.15) is 46.5 Å². The van der Waals surface area contributed by atoms with E-state index in [0.717, 1.165) is 5.70 Å². The van der Waals surface area contributed by atoms with E-state index in [-0.39, 0.29) is 11.1 Å². The zero-order valence-electron chi connectivity index (χ0n) is 13.1. The van der Waals surface area contributed by atoms with Gasteiger partial charge in [0, 0.05) is 31.6 Å². The van der Waals surface area contributed by atoms with Crippen LogP contribution in [0.25, 0.3) is 0 Å². The summed E-state index contributed by atoms with van der Waals surface area (Å²) in [5, 5.41) is 18.9. The van der Waals surface area contributed by atoms with Crippen molar-refractivity contribution in [1.29, 1.82) is 0 Å². The van der Waals surface area contributed by atoms with E-state index in [1.807, 2.05) is 43.9 Å². The molecule has 1 unspecified atom stereocenters. The molecule has 118 valence electrons. The van der Waals surface area contributed by atoms with E-state index in [1.165, 1.54) is 6.07 Å². The van der Waals surface area contributed by atoms with Crippen molar-refractivity contribution in [2.75, 3.05) is 14.1 Å². The molecule has 1 atom stereocenters. The van der Waals surface area contributed by atoms with E-state index in [9.17, 15) is 19.8 Å². The average Bonchev–Trinajstić information content (AvgIpc) is 2.68. The molecule has 0 bridgehead atoms. The van der Waals surface area contributed by atoms with Gasteiger partial charge in [-0.3, -0.25) is 0 Å². The van der Waals surface area contributed by atoms with E-state index in [4.69, 9.17) is 0 Å². The van der Waals surface area contributed by atoms with Crippen molar-refractivity contribution >= 4 is 11.9 Å². The van der Waals surface area contributed by atoms with E-state index in [2.05, 4.69) is 0 Å². The lowest BCUT2D eigenvalue weighted by molar-refractivity contribution is 0.0439. The second kappa shape index (κ2) is 5.36. The first-order valence-electron chi connectivity index (χ1n) is 7.02. The van der Waals surface area contributed by atoms with E-state index in [0.29, 0.717) is 12.0 Å². The van der Waals surface area contributed by atoms with Crippen LogP contribution < -0.4 is 0 Å². The molecule has 0 spiro atoms. The third-order valence-corrected chi connectivity index (χ3v) is 4.48. The summed E-state index contributed by atoms with van der Waals surface area (Å²) in [4.78, 5) is 27.1. The summed E-state index contributed by atoms with van der Waals surface area (Å²) < 4.78 is 0. The fourth-order valence-corrected chi connectivity index (χ4v) is 3.34. The Kier molecular flexibility index (Phi) is 3.87. The van der Waals surface area contributed by atoms with Gasteiger partial charge >= 0.3 is 11.9 Å². The number of aromatic carboxylic acids is 2. The van der Waals surface area contributed by atoms with Crippen LogP contribution in [0.3, 0.4) is 0 Å². The minimum atomic E-state index is -1.24. The number of hydrogen-bond acceptors (Lipinski definition) is 4. The van der Waals surface area contributed by atoms with Gasteiger partial charge in [-0.2, -0.15) is 0 Å². The number of allylic oxidation sites excluding steroid dienone is 1. The molecular weight excluding hydrogens is 284 g/mol. The fraction of sp³-hybridized carbons (Fsp3) is 0.375. The lowest BCUT2D eigenvalue weighted by Gasteiger charge is -2.44. The highest BCUT2D eigenvalue weighted by Gasteiger charge is 2.45. The first-order chi connectivity index (χ1) is 10.3. The lowest BCUT2D eigenvalue weighted by Crippen LogP contribution is -2.48. The molecule has 1 aromatic rings. The van der Waals surface area contributed by atoms with Crippen LogP contribution in [0.4, 0.5) is 0 Å². The van der Waals surface area contributed by atoms with E-state index >= 15 is 0 Å². The van der Waals surface area contributed by atoms with Crippen LogP contribution in [0, 0.1) is 0 Å². The van der Waals surface area contributed by atoms with Crippen molar-refractivity contribution in [3.63, 3.8) is 0 Å². The van der Waals surface area contributed by atoms with Gasteiger partial charge in [0.05, 0.1) is 11.1 Å². The average molecular weight is 304 g/mol. The quantitative estimate of drug-likeness (QED) is 0.889. The maximum Gasteiger partial charge on any atom is 0.337 e. The van der Waals surface area contributed by atoms with E-state index in [1.54, 1.807) is 12.1 Å². The predicted molar refractivity (Wildman–Crippen MR) is 81.6 cm³/mol. The summed E-state index contributed by atoms with van der Waals surface area (Å²) in [5.41, 5.74) is 0.424. The van der Waals surface area contributed by atoms with Crippen LogP contribution in [0.2, 0.25) is 0 Å². The molecule has 1 aliphatic rings. The molecule has 1 aromatic carbocycles. The Bertz CT molecular complexity index is 668. The highest BCUT2D eigenvalue weighted by molar-refractivity contribution is 6.03. The molecule has 1 heterocycles. The predicted octanol–water partition coefficient (Wildman–Crippen LogP) is 2.38. The largest absolute Gasteiger partial charge is 0.478 e. The minimum absolute atomic E-state index is 0.154. The summed E-state index contributed by atoms with van der Waals surface area (Å²) >= 11 is 0. The Morgan fingerprint density at radius 2 is 1.82 bits per heavy atom. The van der Waals surface area contributed by atoms with Gasteiger partial charge in [-0.15, -0.1) is 0 Å². The Morgan fingerprint density at radius 3 is 2.23 bits per heavy atom. The van der Waals surface area contributed by atoms with Gasteiger partial charge in [-0.25, -0.2) is 9.59 Å². The monoisotopic (exact) mass is 304 g/mol. The van der Waals surface area contributed by atoms with Gasteiger partial charge in [0.1, 0.15) is 5.66 Å². The molecule has 2 N–H and O–H groups in total. The first kappa shape index (κ1) is 15.9. The topological polar surface area (TPSA) is 81.1 Å². The third kappa shape index (κ3) is 2.03. The van der Waals surface area contributed by atoms with Crippen molar-refractivity contribution in [3.05, 3.63) is 46.8 Å². The fourth-order valence-electron chi connectivity index (χ4n) is 3.34. The lowest BCUT2D eigenvalue weighted by atomic mass is 9.87. The number of carboxylic acids is 2. The maximum absolute atomic E-state index is 11.7. The molecule has 6 heteroatoms. The molecule has 0 aliphatic carbocycles. The molecule has 0 fully saturated rings. The molecule has 0 saturated heterocycles. The van der Waals surface area contributed by atoms with Gasteiger partial charge in [-0.1, -0.05) is 19.1 Å². The molecule has 2 rings (SSSR count). The summed E-state index contributed by atoms with van der Waals surface area (Å²) in [6.07, 6.45) is 2.54. The zero-order chi connectivity index (χ0) is 16.7. The highest BCUT2D eigenvalue weighted by Crippen LogP contribution is 2.43. The zero-order valence-corrected chi connectivity index (χ0v) is 13.1. The molecule has 0 amide bonds. The number of nitrogens with zero attached hydrogens (tertiary/aromatic N) is 2. The van der Waals surface area contributed by atoms with Crippen molar-refractivity contribution in [2.45, 2.75) is 25.9 Å². The number of carboxylic acid groups (broad SMARTS) is 2. The number of hydrogen-bond donors (Lipinski definition) is 2. The Balaban J connectivity index is 2.78. The molecule has 0 aromatic heterocycles. The number of carbonyl (C=O) groups is 2. The molecule has 6 nitrogen and oxygen atoms in total. The molecule has 0 saturated carbocycles. The Labute approximate surface area is 129 Å². The molecule has 0 radical (unpaired) electrons. The second-order valence-corrected chi connectivity index (χ2v) is 5.45. The summed E-state index contributed by atoms with van der Waals surface area (Å²) in [7, 11) is 3.76. The maximum atomic E-state index is 11.7. The van der Waals surface area contributed by atoms with Crippen LogP contribution in [0.15, 0.2) is 30.1 Å². The minimum Gasteiger partial charge on any atom is -0.478 e. The third-order valence-electron chi connectivity index (χ3n) is 4.48. The second-order valence-electron chi connectivity index (χ2n) is 5.45. The molecule has 1 aliphatic heterocycles. The number of benzene rings is 1. The van der Waals surface area contributed by atoms with Gasteiger partial charge in [0.2, 0.25) is 0 Å². The SMILES string of the molecule is CCC1(c2cccc(C(=O)O)c2C(=O)O)N(C)C=C(C)N1C. The van der Waals surface area contributed by atoms with Crippen LogP contribution in [-0.4, -0.2) is 46.0 Å². The van der Waals surface area contributed by atoms with Crippen molar-refractivity contribution in [1.82, 2.24) is 9.80 Å². The van der Waals surface area contributed by atoms with Crippen LogP contribution in [-0.2, 0) is 5.66 Å². The van der Waals surface area contributed by atoms with Gasteiger partial charge in [0.25, 0.3) is 0 Å². The highest BCUT2D eigenvalue weighted by atomic mass is 16.4. The molecule has 22 heavy (non-hydrogen) atoms. The van der Waals surface area contributed by atoms with E-state index < -0.39 is 17.6 Å². The van der Waals surface area contributed by atoms with Crippen molar-refractivity contribution in [2.24, 2.45) is 0 Å². The van der Waals surface area contributed by atoms with Crippen molar-refractivity contribution in [3.8, 4) is 0 Å². The van der Waals surface area contributed by atoms with Crippen LogP contribution >= 0.6 is 0 Å². The van der Waals surface area contributed by atoms with Crippen LogP contribution in [0.5, 0.6) is 0 Å². The number of rotatable bonds is 4. The first-order valence-corrected chi connectivity index (χ1v) is 7.02. The Morgan fingerprint density at radius 1 is 1.18 bits per heavy atom. The Hall–Kier alpha value is -2.50.